The second kappa shape index (κ2) is 10.8. The van der Waals surface area contributed by atoms with Gasteiger partial charge in [0.15, 0.2) is 6.10 Å². The van der Waals surface area contributed by atoms with Crippen LogP contribution in [0.1, 0.15) is 34.8 Å². The van der Waals surface area contributed by atoms with Crippen molar-refractivity contribution >= 4 is 11.7 Å². The molecule has 1 aliphatic heterocycles. The van der Waals surface area contributed by atoms with Gasteiger partial charge in [0.2, 0.25) is 5.91 Å². The number of hydrogen-bond acceptors (Lipinski definition) is 8. The molecule has 2 aliphatic rings. The van der Waals surface area contributed by atoms with Gasteiger partial charge >= 0.3 is 0 Å². The number of nitrogens with zero attached hydrogens (tertiary/aromatic N) is 5. The van der Waals surface area contributed by atoms with E-state index in [9.17, 15) is 9.59 Å². The van der Waals surface area contributed by atoms with Crippen LogP contribution in [0.2, 0.25) is 0 Å². The summed E-state index contributed by atoms with van der Waals surface area (Å²) in [5, 5.41) is 15.2. The lowest BCUT2D eigenvalue weighted by Crippen LogP contribution is -2.49. The van der Waals surface area contributed by atoms with E-state index in [1.807, 2.05) is 35.2 Å². The Morgan fingerprint density at radius 1 is 1.16 bits per heavy atom. The lowest BCUT2D eigenvalue weighted by Gasteiger charge is -2.35. The van der Waals surface area contributed by atoms with Gasteiger partial charge in [0.1, 0.15) is 23.7 Å². The molecule has 1 aromatic carbocycles. The van der Waals surface area contributed by atoms with E-state index in [0.717, 1.165) is 16.9 Å². The van der Waals surface area contributed by atoms with Gasteiger partial charge in [0, 0.05) is 38.8 Å². The molecule has 0 spiro atoms. The van der Waals surface area contributed by atoms with E-state index in [1.165, 1.54) is 6.20 Å². The van der Waals surface area contributed by atoms with Crippen molar-refractivity contribution in [3.05, 3.63) is 81.4 Å². The number of anilines is 1. The number of carbonyl (C=O) groups excluding carboxylic acids is 1. The molecule has 1 amide bonds. The summed E-state index contributed by atoms with van der Waals surface area (Å²) in [6, 6.07) is 13.7. The number of hydrogen-bond donors (Lipinski definition) is 1. The first-order chi connectivity index (χ1) is 18.0. The highest BCUT2D eigenvalue weighted by Gasteiger charge is 2.35. The van der Waals surface area contributed by atoms with Crippen molar-refractivity contribution in [3.63, 3.8) is 0 Å². The number of nitrogens with one attached hydrogen (secondary N) is 1. The van der Waals surface area contributed by atoms with Crippen LogP contribution < -0.4 is 15.2 Å². The van der Waals surface area contributed by atoms with Crippen LogP contribution in [0.4, 0.5) is 5.82 Å². The minimum Gasteiger partial charge on any atom is -0.481 e. The molecule has 190 valence electrons. The van der Waals surface area contributed by atoms with Crippen LogP contribution in [0, 0.1) is 18.3 Å². The average molecular weight is 501 g/mol. The van der Waals surface area contributed by atoms with Gasteiger partial charge < -0.3 is 19.3 Å². The smallest absolute Gasteiger partial charge is 0.270 e. The normalized spacial score (nSPS) is 18.8. The number of carbonyl (C=O) groups is 1. The lowest BCUT2D eigenvalue weighted by molar-refractivity contribution is -0.133. The van der Waals surface area contributed by atoms with E-state index < -0.39 is 6.10 Å². The fourth-order valence-electron chi connectivity index (χ4n) is 4.79. The third-order valence-corrected chi connectivity index (χ3v) is 6.91. The predicted molar refractivity (Wildman–Crippen MR) is 135 cm³/mol. The molecule has 5 rings (SSSR count). The van der Waals surface area contributed by atoms with E-state index in [4.69, 9.17) is 14.7 Å². The van der Waals surface area contributed by atoms with Crippen molar-refractivity contribution in [1.29, 1.82) is 5.26 Å². The van der Waals surface area contributed by atoms with Crippen molar-refractivity contribution in [2.45, 2.75) is 32.0 Å². The second-order valence-electron chi connectivity index (χ2n) is 9.17. The number of rotatable bonds is 7. The molecule has 2 unspecified atom stereocenters. The van der Waals surface area contributed by atoms with Gasteiger partial charge in [-0.15, -0.1) is 0 Å². The lowest BCUT2D eigenvalue weighted by atomic mass is 10.1. The Morgan fingerprint density at radius 3 is 2.73 bits per heavy atom. The molecule has 0 radical (unpaired) electrons. The number of amides is 1. The number of nitriles is 1. The third kappa shape index (κ3) is 5.32. The molecule has 1 aliphatic carbocycles. The standard InChI is InChI=1S/C27H28N6O4/c1-18-23(17-30-31-27(18)35)37-26-21-5-3-2-4-20(21)14-22(26)36-13-8-25(34)33-11-9-32(10-12-33)24-7-6-19(15-28)16-29-24/h2-7,16-17,22,26H,8-14H2,1H3,(H,31,35). The first-order valence-corrected chi connectivity index (χ1v) is 12.3. The minimum atomic E-state index is -0.392. The zero-order chi connectivity index (χ0) is 25.8. The van der Waals surface area contributed by atoms with Gasteiger partial charge in [-0.2, -0.15) is 10.4 Å². The summed E-state index contributed by atoms with van der Waals surface area (Å²) in [7, 11) is 0. The number of fused-ring (bicyclic) bond motifs is 1. The van der Waals surface area contributed by atoms with Crippen molar-refractivity contribution in [1.82, 2.24) is 20.1 Å². The van der Waals surface area contributed by atoms with Crippen LogP contribution in [-0.2, 0) is 16.0 Å². The molecule has 2 atom stereocenters. The number of pyridine rings is 1. The maximum Gasteiger partial charge on any atom is 0.270 e. The molecule has 0 bridgehead atoms. The maximum absolute atomic E-state index is 12.9. The minimum absolute atomic E-state index is 0.0510. The number of benzene rings is 1. The molecular weight excluding hydrogens is 472 g/mol. The largest absolute Gasteiger partial charge is 0.481 e. The first kappa shape index (κ1) is 24.5. The molecule has 0 saturated carbocycles. The average Bonchev–Trinajstić information content (AvgIpc) is 3.28. The quantitative estimate of drug-likeness (QED) is 0.523. The van der Waals surface area contributed by atoms with Gasteiger partial charge in [-0.1, -0.05) is 24.3 Å². The Morgan fingerprint density at radius 2 is 1.97 bits per heavy atom. The topological polar surface area (TPSA) is 124 Å². The van der Waals surface area contributed by atoms with Crippen molar-refractivity contribution < 1.29 is 14.3 Å². The number of H-pyrrole nitrogens is 1. The van der Waals surface area contributed by atoms with Crippen LogP contribution in [0.15, 0.2) is 53.6 Å². The van der Waals surface area contributed by atoms with Crippen LogP contribution >= 0.6 is 0 Å². The van der Waals surface area contributed by atoms with Crippen molar-refractivity contribution in [2.24, 2.45) is 0 Å². The zero-order valence-corrected chi connectivity index (χ0v) is 20.6. The van der Waals surface area contributed by atoms with E-state index in [1.54, 1.807) is 19.2 Å². The summed E-state index contributed by atoms with van der Waals surface area (Å²) in [6.07, 6.45) is 3.35. The van der Waals surface area contributed by atoms with E-state index in [2.05, 4.69) is 26.2 Å². The summed E-state index contributed by atoms with van der Waals surface area (Å²) in [5.74, 6) is 1.28. The summed E-state index contributed by atoms with van der Waals surface area (Å²) < 4.78 is 12.4. The van der Waals surface area contributed by atoms with Crippen LogP contribution in [0.25, 0.3) is 0 Å². The molecule has 1 fully saturated rings. The Hall–Kier alpha value is -4.23. The van der Waals surface area contributed by atoms with Gasteiger partial charge in [-0.25, -0.2) is 10.1 Å². The molecular formula is C27H28N6O4. The first-order valence-electron chi connectivity index (χ1n) is 12.3. The van der Waals surface area contributed by atoms with Crippen LogP contribution in [-0.4, -0.2) is 64.9 Å². The van der Waals surface area contributed by atoms with Crippen molar-refractivity contribution in [3.8, 4) is 11.8 Å². The Balaban J connectivity index is 1.15. The molecule has 10 heteroatoms. The molecule has 1 saturated heterocycles. The summed E-state index contributed by atoms with van der Waals surface area (Å²) in [4.78, 5) is 33.2. The Kier molecular flexibility index (Phi) is 7.14. The zero-order valence-electron chi connectivity index (χ0n) is 20.6. The fraction of sp³-hybridized carbons (Fsp3) is 0.370. The van der Waals surface area contributed by atoms with Gasteiger partial charge in [-0.3, -0.25) is 9.59 Å². The third-order valence-electron chi connectivity index (χ3n) is 6.91. The van der Waals surface area contributed by atoms with Gasteiger partial charge in [0.05, 0.1) is 30.4 Å². The fourth-order valence-corrected chi connectivity index (χ4v) is 4.79. The highest BCUT2D eigenvalue weighted by Crippen LogP contribution is 2.37. The number of aromatic amines is 1. The Labute approximate surface area is 214 Å². The monoisotopic (exact) mass is 500 g/mol. The highest BCUT2D eigenvalue weighted by molar-refractivity contribution is 5.76. The number of piperazine rings is 1. The number of ether oxygens (including phenoxy) is 2. The van der Waals surface area contributed by atoms with Gasteiger partial charge in [0.25, 0.3) is 5.56 Å². The van der Waals surface area contributed by atoms with E-state index in [0.29, 0.717) is 49.5 Å². The van der Waals surface area contributed by atoms with Crippen molar-refractivity contribution in [2.75, 3.05) is 37.7 Å². The summed E-state index contributed by atoms with van der Waals surface area (Å²) in [5.41, 5.74) is 2.85. The van der Waals surface area contributed by atoms with Crippen LogP contribution in [0.5, 0.6) is 5.75 Å². The maximum atomic E-state index is 12.9. The molecule has 1 N–H and O–H groups in total. The van der Waals surface area contributed by atoms with Gasteiger partial charge in [-0.05, 0) is 30.2 Å². The SMILES string of the molecule is Cc1c(OC2c3ccccc3CC2OCCC(=O)N2CCN(c3ccc(C#N)cn3)CC2)cn[nH]c1=O. The van der Waals surface area contributed by atoms with E-state index >= 15 is 0 Å². The molecule has 3 aromatic rings. The van der Waals surface area contributed by atoms with E-state index in [-0.39, 0.29) is 30.6 Å². The predicted octanol–water partition coefficient (Wildman–Crippen LogP) is 2.15. The molecule has 37 heavy (non-hydrogen) atoms. The second-order valence-corrected chi connectivity index (χ2v) is 9.17. The molecule has 2 aromatic heterocycles. The highest BCUT2D eigenvalue weighted by atomic mass is 16.5. The number of aromatic nitrogens is 3. The molecule has 3 heterocycles. The Bertz CT molecular complexity index is 1360. The summed E-state index contributed by atoms with van der Waals surface area (Å²) in [6.45, 7) is 4.56. The molecule has 10 nitrogen and oxygen atoms in total. The van der Waals surface area contributed by atoms with Crippen LogP contribution in [0.3, 0.4) is 0 Å². The summed E-state index contributed by atoms with van der Waals surface area (Å²) >= 11 is 0.